The zero-order valence-electron chi connectivity index (χ0n) is 17.4. The number of hydrogen-bond donors (Lipinski definition) is 0. The number of hydrogen-bond acceptors (Lipinski definition) is 7. The molecule has 12 heteroatoms. The summed E-state index contributed by atoms with van der Waals surface area (Å²) in [4.78, 5) is 12.4. The fourth-order valence-electron chi connectivity index (χ4n) is 4.32. The topological polar surface area (TPSA) is 75.6 Å². The first-order valence-electron chi connectivity index (χ1n) is 10.2. The van der Waals surface area contributed by atoms with Gasteiger partial charge in [0, 0.05) is 24.0 Å². The molecule has 0 atom stereocenters. The van der Waals surface area contributed by atoms with Crippen molar-refractivity contribution in [2.75, 3.05) is 26.4 Å². The molecule has 0 saturated heterocycles. The Labute approximate surface area is 183 Å². The Balaban J connectivity index is 1.58. The van der Waals surface area contributed by atoms with Crippen LogP contribution in [0.1, 0.15) is 36.1 Å². The van der Waals surface area contributed by atoms with Crippen LogP contribution in [0.2, 0.25) is 0 Å². The molecule has 1 aliphatic carbocycles. The first kappa shape index (κ1) is 22.7. The third kappa shape index (κ3) is 4.96. The molecule has 1 fully saturated rings. The summed E-state index contributed by atoms with van der Waals surface area (Å²) >= 11 is 1.42. The lowest BCUT2D eigenvalue weighted by Gasteiger charge is -2.32. The van der Waals surface area contributed by atoms with E-state index in [-0.39, 0.29) is 19.2 Å². The van der Waals surface area contributed by atoms with E-state index >= 15 is 0 Å². The molecule has 0 aromatic carbocycles. The summed E-state index contributed by atoms with van der Waals surface area (Å²) in [5.74, 6) is -1.46. The molecule has 0 radical (unpaired) electrons. The molecule has 0 amide bonds. The van der Waals surface area contributed by atoms with Crippen LogP contribution >= 0.6 is 11.3 Å². The first-order valence-corrected chi connectivity index (χ1v) is 12.6. The van der Waals surface area contributed by atoms with Gasteiger partial charge in [0.15, 0.2) is 5.75 Å². The van der Waals surface area contributed by atoms with Crippen molar-refractivity contribution in [3.05, 3.63) is 16.8 Å². The summed E-state index contributed by atoms with van der Waals surface area (Å²) in [5.41, 5.74) is 0.662. The third-order valence-corrected chi connectivity index (χ3v) is 8.94. The summed E-state index contributed by atoms with van der Waals surface area (Å²) in [5, 5.41) is 0.629. The summed E-state index contributed by atoms with van der Waals surface area (Å²) in [6.45, 7) is -0.0960. The fourth-order valence-corrected chi connectivity index (χ4v) is 6.74. The smallest absolute Gasteiger partial charge is 0.404 e. The number of alkyl halides is 3. The van der Waals surface area contributed by atoms with Crippen LogP contribution in [0, 0.1) is 0 Å². The van der Waals surface area contributed by atoms with Crippen molar-refractivity contribution in [2.45, 2.75) is 57.0 Å². The molecule has 172 valence electrons. The number of nitrogens with zero attached hydrogens (tertiary/aromatic N) is 4. The number of halogens is 3. The van der Waals surface area contributed by atoms with Crippen LogP contribution in [0.3, 0.4) is 0 Å². The quantitative estimate of drug-likeness (QED) is 0.657. The Hall–Kier alpha value is -1.50. The zero-order chi connectivity index (χ0) is 22.4. The van der Waals surface area contributed by atoms with Gasteiger partial charge in [-0.05, 0) is 51.8 Å². The Morgan fingerprint density at radius 3 is 2.58 bits per heavy atom. The molecule has 0 N–H and O–H groups in total. The molecule has 2 aromatic heterocycles. The summed E-state index contributed by atoms with van der Waals surface area (Å²) in [6.07, 6.45) is 0.773. The van der Waals surface area contributed by atoms with Gasteiger partial charge in [-0.25, -0.2) is 18.4 Å². The summed E-state index contributed by atoms with van der Waals surface area (Å²) in [7, 11) is -0.327. The highest BCUT2D eigenvalue weighted by Crippen LogP contribution is 2.40. The van der Waals surface area contributed by atoms with E-state index in [0.717, 1.165) is 34.9 Å². The second-order valence-electron chi connectivity index (χ2n) is 8.33. The van der Waals surface area contributed by atoms with Gasteiger partial charge in [-0.3, -0.25) is 0 Å². The van der Waals surface area contributed by atoms with Gasteiger partial charge in [0.1, 0.15) is 17.3 Å². The van der Waals surface area contributed by atoms with Crippen LogP contribution in [0.5, 0.6) is 5.88 Å². The minimum atomic E-state index is -4.78. The van der Waals surface area contributed by atoms with E-state index in [1.165, 1.54) is 17.7 Å². The largest absolute Gasteiger partial charge is 0.474 e. The monoisotopic (exact) mass is 478 g/mol. The average Bonchev–Trinajstić information content (AvgIpc) is 3.05. The highest BCUT2D eigenvalue weighted by atomic mass is 32.2. The van der Waals surface area contributed by atoms with E-state index < -0.39 is 22.0 Å². The number of aromatic nitrogens is 2. The van der Waals surface area contributed by atoms with Crippen molar-refractivity contribution in [2.24, 2.45) is 0 Å². The second-order valence-corrected chi connectivity index (χ2v) is 11.4. The molecular formula is C19H25F3N4O3S2. The molecule has 31 heavy (non-hydrogen) atoms. The summed E-state index contributed by atoms with van der Waals surface area (Å²) < 4.78 is 70.0. The molecule has 0 unspecified atom stereocenters. The SMILES string of the molecule is CN(C)C1CCC(Oc2ncnc3sc4c(c23)CN(S(=O)(=O)CC(F)(F)F)CC4)CC1. The van der Waals surface area contributed by atoms with Crippen molar-refractivity contribution in [1.29, 1.82) is 0 Å². The van der Waals surface area contributed by atoms with Gasteiger partial charge in [-0.2, -0.15) is 17.5 Å². The number of rotatable bonds is 5. The number of ether oxygens (including phenoxy) is 1. The van der Waals surface area contributed by atoms with Crippen molar-refractivity contribution in [3.63, 3.8) is 0 Å². The molecule has 2 aliphatic rings. The van der Waals surface area contributed by atoms with E-state index in [4.69, 9.17) is 4.74 Å². The highest BCUT2D eigenvalue weighted by Gasteiger charge is 2.40. The van der Waals surface area contributed by atoms with Gasteiger partial charge >= 0.3 is 6.18 Å². The maximum absolute atomic E-state index is 12.8. The summed E-state index contributed by atoms with van der Waals surface area (Å²) in [6, 6.07) is 0.520. The predicted molar refractivity (Wildman–Crippen MR) is 112 cm³/mol. The molecule has 0 bridgehead atoms. The maximum atomic E-state index is 12.8. The standard InChI is InChI=1S/C19H25F3N4O3S2/c1-25(2)12-3-5-13(6-4-12)29-17-16-14-9-26(31(27,28)10-19(20,21)22)8-7-15(14)30-18(16)24-11-23-17/h11-13H,3-10H2,1-2H3. The van der Waals surface area contributed by atoms with Gasteiger partial charge in [0.25, 0.3) is 0 Å². The van der Waals surface area contributed by atoms with Gasteiger partial charge < -0.3 is 9.64 Å². The molecule has 0 spiro atoms. The lowest BCUT2D eigenvalue weighted by atomic mass is 9.92. The van der Waals surface area contributed by atoms with Gasteiger partial charge in [0.2, 0.25) is 15.9 Å². The molecule has 3 heterocycles. The van der Waals surface area contributed by atoms with Crippen LogP contribution in [-0.2, 0) is 23.0 Å². The molecule has 2 aromatic rings. The van der Waals surface area contributed by atoms with Gasteiger partial charge in [-0.1, -0.05) is 0 Å². The molecule has 4 rings (SSSR count). The number of thiophene rings is 1. The highest BCUT2D eigenvalue weighted by molar-refractivity contribution is 7.89. The molecular weight excluding hydrogens is 453 g/mol. The van der Waals surface area contributed by atoms with Crippen molar-refractivity contribution in [3.8, 4) is 5.88 Å². The Morgan fingerprint density at radius 1 is 1.23 bits per heavy atom. The van der Waals surface area contributed by atoms with Crippen LogP contribution in [-0.4, -0.2) is 72.3 Å². The van der Waals surface area contributed by atoms with Crippen LogP contribution in [0.15, 0.2) is 6.33 Å². The maximum Gasteiger partial charge on any atom is 0.404 e. The minimum Gasteiger partial charge on any atom is -0.474 e. The van der Waals surface area contributed by atoms with E-state index in [1.54, 1.807) is 0 Å². The Morgan fingerprint density at radius 2 is 1.94 bits per heavy atom. The average molecular weight is 479 g/mol. The van der Waals surface area contributed by atoms with Gasteiger partial charge in [-0.15, -0.1) is 11.3 Å². The molecule has 1 saturated carbocycles. The minimum absolute atomic E-state index is 0.00138. The van der Waals surface area contributed by atoms with Crippen LogP contribution in [0.4, 0.5) is 13.2 Å². The van der Waals surface area contributed by atoms with Crippen LogP contribution < -0.4 is 4.74 Å². The first-order chi connectivity index (χ1) is 14.5. The Kier molecular flexibility index (Phi) is 6.18. The predicted octanol–water partition coefficient (Wildman–Crippen LogP) is 3.19. The number of fused-ring (bicyclic) bond motifs is 3. The zero-order valence-corrected chi connectivity index (χ0v) is 19.0. The fraction of sp³-hybridized carbons (Fsp3) is 0.684. The second kappa shape index (κ2) is 8.45. The van der Waals surface area contributed by atoms with E-state index in [9.17, 15) is 21.6 Å². The number of sulfonamides is 1. The van der Waals surface area contributed by atoms with Crippen LogP contribution in [0.25, 0.3) is 10.2 Å². The lowest BCUT2D eigenvalue weighted by molar-refractivity contribution is -0.107. The third-order valence-electron chi connectivity index (χ3n) is 5.95. The van der Waals surface area contributed by atoms with E-state index in [1.807, 2.05) is 0 Å². The molecule has 7 nitrogen and oxygen atoms in total. The normalized spacial score (nSPS) is 23.3. The van der Waals surface area contributed by atoms with Gasteiger partial charge in [0.05, 0.1) is 5.39 Å². The van der Waals surface area contributed by atoms with Crippen molar-refractivity contribution in [1.82, 2.24) is 19.2 Å². The molecule has 1 aliphatic heterocycles. The van der Waals surface area contributed by atoms with Crippen molar-refractivity contribution < 1.29 is 26.3 Å². The lowest BCUT2D eigenvalue weighted by Crippen LogP contribution is -2.40. The van der Waals surface area contributed by atoms with Crippen molar-refractivity contribution >= 4 is 31.6 Å². The Bertz CT molecular complexity index is 1050. The van der Waals surface area contributed by atoms with E-state index in [2.05, 4.69) is 29.0 Å². The van der Waals surface area contributed by atoms with E-state index in [0.29, 0.717) is 34.1 Å².